The SMILES string of the molecule is COc1ccc(-c2nnc(CNC(=O)c3ccccc3)o2)cc1. The van der Waals surface area contributed by atoms with Crippen LogP contribution in [0.1, 0.15) is 16.2 Å². The highest BCUT2D eigenvalue weighted by atomic mass is 16.5. The van der Waals surface area contributed by atoms with E-state index in [9.17, 15) is 4.79 Å². The van der Waals surface area contributed by atoms with Gasteiger partial charge in [0.15, 0.2) is 0 Å². The fraction of sp³-hybridized carbons (Fsp3) is 0.118. The number of methoxy groups -OCH3 is 1. The van der Waals surface area contributed by atoms with E-state index in [0.29, 0.717) is 17.3 Å². The lowest BCUT2D eigenvalue weighted by Gasteiger charge is -2.01. The standard InChI is InChI=1S/C17H15N3O3/c1-22-14-9-7-13(8-10-14)17-20-19-15(23-17)11-18-16(21)12-5-3-2-4-6-12/h2-10H,11H2,1H3,(H,18,21). The molecular weight excluding hydrogens is 294 g/mol. The summed E-state index contributed by atoms with van der Waals surface area (Å²) < 4.78 is 10.7. The van der Waals surface area contributed by atoms with E-state index >= 15 is 0 Å². The predicted octanol–water partition coefficient (Wildman–Crippen LogP) is 2.68. The number of carbonyl (C=O) groups excluding carboxylic acids is 1. The first-order valence-corrected chi connectivity index (χ1v) is 7.06. The maximum absolute atomic E-state index is 12.0. The van der Waals surface area contributed by atoms with Crippen LogP contribution in [-0.2, 0) is 6.54 Å². The first-order valence-electron chi connectivity index (χ1n) is 7.06. The number of hydrogen-bond donors (Lipinski definition) is 1. The molecule has 3 rings (SSSR count). The molecule has 116 valence electrons. The molecule has 0 saturated carbocycles. The third-order valence-electron chi connectivity index (χ3n) is 3.24. The summed E-state index contributed by atoms with van der Waals surface area (Å²) in [5, 5.41) is 10.7. The van der Waals surface area contributed by atoms with Crippen LogP contribution in [-0.4, -0.2) is 23.2 Å². The Kier molecular flexibility index (Phi) is 4.33. The van der Waals surface area contributed by atoms with Gasteiger partial charge in [-0.25, -0.2) is 0 Å². The second kappa shape index (κ2) is 6.74. The van der Waals surface area contributed by atoms with Crippen molar-refractivity contribution in [1.82, 2.24) is 15.5 Å². The molecule has 0 atom stereocenters. The van der Waals surface area contributed by atoms with Gasteiger partial charge in [0.1, 0.15) is 5.75 Å². The molecule has 0 saturated heterocycles. The molecular formula is C17H15N3O3. The van der Waals surface area contributed by atoms with Gasteiger partial charge in [-0.1, -0.05) is 18.2 Å². The number of aromatic nitrogens is 2. The average molecular weight is 309 g/mol. The van der Waals surface area contributed by atoms with Crippen LogP contribution in [0.3, 0.4) is 0 Å². The summed E-state index contributed by atoms with van der Waals surface area (Å²) >= 11 is 0. The number of amides is 1. The van der Waals surface area contributed by atoms with E-state index in [2.05, 4.69) is 15.5 Å². The Morgan fingerprint density at radius 3 is 2.52 bits per heavy atom. The molecule has 1 amide bonds. The zero-order valence-electron chi connectivity index (χ0n) is 12.5. The van der Waals surface area contributed by atoms with Gasteiger partial charge in [-0.2, -0.15) is 0 Å². The van der Waals surface area contributed by atoms with Crippen LogP contribution < -0.4 is 10.1 Å². The van der Waals surface area contributed by atoms with Crippen molar-refractivity contribution in [3.05, 3.63) is 66.1 Å². The summed E-state index contributed by atoms with van der Waals surface area (Å²) in [6, 6.07) is 16.3. The van der Waals surface area contributed by atoms with Gasteiger partial charge in [0.2, 0.25) is 11.8 Å². The van der Waals surface area contributed by atoms with Crippen molar-refractivity contribution in [2.24, 2.45) is 0 Å². The van der Waals surface area contributed by atoms with Gasteiger partial charge in [-0.05, 0) is 36.4 Å². The molecule has 1 heterocycles. The largest absolute Gasteiger partial charge is 0.497 e. The smallest absolute Gasteiger partial charge is 0.251 e. The molecule has 23 heavy (non-hydrogen) atoms. The summed E-state index contributed by atoms with van der Waals surface area (Å²) in [6.45, 7) is 0.177. The third kappa shape index (κ3) is 3.55. The quantitative estimate of drug-likeness (QED) is 0.784. The third-order valence-corrected chi connectivity index (χ3v) is 3.24. The van der Waals surface area contributed by atoms with Gasteiger partial charge in [-0.3, -0.25) is 4.79 Å². The Morgan fingerprint density at radius 2 is 1.83 bits per heavy atom. The molecule has 0 spiro atoms. The molecule has 0 aliphatic carbocycles. The van der Waals surface area contributed by atoms with Gasteiger partial charge in [-0.15, -0.1) is 10.2 Å². The minimum absolute atomic E-state index is 0.177. The second-order valence-corrected chi connectivity index (χ2v) is 4.78. The molecule has 3 aromatic rings. The lowest BCUT2D eigenvalue weighted by atomic mass is 10.2. The van der Waals surface area contributed by atoms with Crippen LogP contribution in [0.5, 0.6) is 5.75 Å². The first kappa shape index (κ1) is 14.8. The Morgan fingerprint density at radius 1 is 1.09 bits per heavy atom. The number of carbonyl (C=O) groups is 1. The molecule has 1 N–H and O–H groups in total. The van der Waals surface area contributed by atoms with Gasteiger partial charge in [0.05, 0.1) is 13.7 Å². The fourth-order valence-corrected chi connectivity index (χ4v) is 2.02. The number of nitrogens with one attached hydrogen (secondary N) is 1. The summed E-state index contributed by atoms with van der Waals surface area (Å²) in [4.78, 5) is 12.0. The van der Waals surface area contributed by atoms with Crippen molar-refractivity contribution in [3.8, 4) is 17.2 Å². The average Bonchev–Trinajstić information content (AvgIpc) is 3.09. The van der Waals surface area contributed by atoms with Gasteiger partial charge in [0, 0.05) is 11.1 Å². The van der Waals surface area contributed by atoms with Gasteiger partial charge >= 0.3 is 0 Å². The van der Waals surface area contributed by atoms with Crippen LogP contribution in [0.4, 0.5) is 0 Å². The summed E-state index contributed by atoms with van der Waals surface area (Å²) in [5.74, 6) is 1.31. The van der Waals surface area contributed by atoms with Crippen molar-refractivity contribution in [2.45, 2.75) is 6.54 Å². The highest BCUT2D eigenvalue weighted by molar-refractivity contribution is 5.93. The Bertz CT molecular complexity index is 782. The molecule has 0 fully saturated rings. The molecule has 2 aromatic carbocycles. The topological polar surface area (TPSA) is 77.3 Å². The Hall–Kier alpha value is -3.15. The summed E-state index contributed by atoms with van der Waals surface area (Å²) in [7, 11) is 1.61. The lowest BCUT2D eigenvalue weighted by molar-refractivity contribution is 0.0947. The molecule has 0 aliphatic rings. The zero-order chi connectivity index (χ0) is 16.1. The van der Waals surface area contributed by atoms with Crippen LogP contribution in [0.2, 0.25) is 0 Å². The number of hydrogen-bond acceptors (Lipinski definition) is 5. The van der Waals surface area contributed by atoms with Crippen molar-refractivity contribution in [1.29, 1.82) is 0 Å². The van der Waals surface area contributed by atoms with E-state index in [4.69, 9.17) is 9.15 Å². The van der Waals surface area contributed by atoms with E-state index in [-0.39, 0.29) is 12.5 Å². The minimum Gasteiger partial charge on any atom is -0.497 e. The normalized spacial score (nSPS) is 10.3. The van der Waals surface area contributed by atoms with E-state index in [1.807, 2.05) is 42.5 Å². The van der Waals surface area contributed by atoms with Crippen molar-refractivity contribution in [2.75, 3.05) is 7.11 Å². The van der Waals surface area contributed by atoms with Crippen molar-refractivity contribution in [3.63, 3.8) is 0 Å². The first-order chi connectivity index (χ1) is 11.3. The number of rotatable bonds is 5. The van der Waals surface area contributed by atoms with Crippen LogP contribution in [0.15, 0.2) is 59.0 Å². The van der Waals surface area contributed by atoms with Gasteiger partial charge in [0.25, 0.3) is 5.91 Å². The maximum Gasteiger partial charge on any atom is 0.251 e. The van der Waals surface area contributed by atoms with Gasteiger partial charge < -0.3 is 14.5 Å². The van der Waals surface area contributed by atoms with Crippen molar-refractivity contribution >= 4 is 5.91 Å². The highest BCUT2D eigenvalue weighted by Gasteiger charge is 2.10. The molecule has 0 bridgehead atoms. The molecule has 6 nitrogen and oxygen atoms in total. The van der Waals surface area contributed by atoms with E-state index in [1.54, 1.807) is 19.2 Å². The molecule has 6 heteroatoms. The second-order valence-electron chi connectivity index (χ2n) is 4.78. The van der Waals surface area contributed by atoms with Crippen molar-refractivity contribution < 1.29 is 13.9 Å². The Balaban J connectivity index is 1.64. The van der Waals surface area contributed by atoms with E-state index < -0.39 is 0 Å². The maximum atomic E-state index is 12.0. The molecule has 0 radical (unpaired) electrons. The predicted molar refractivity (Wildman–Crippen MR) is 83.9 cm³/mol. The van der Waals surface area contributed by atoms with Crippen LogP contribution in [0.25, 0.3) is 11.5 Å². The number of nitrogens with zero attached hydrogens (tertiary/aromatic N) is 2. The number of benzene rings is 2. The minimum atomic E-state index is -0.185. The van der Waals surface area contributed by atoms with E-state index in [0.717, 1.165) is 11.3 Å². The van der Waals surface area contributed by atoms with E-state index in [1.165, 1.54) is 0 Å². The van der Waals surface area contributed by atoms with Crippen LogP contribution in [0, 0.1) is 0 Å². The monoisotopic (exact) mass is 309 g/mol. The lowest BCUT2D eigenvalue weighted by Crippen LogP contribution is -2.22. The summed E-state index contributed by atoms with van der Waals surface area (Å²) in [5.41, 5.74) is 1.38. The van der Waals surface area contributed by atoms with Crippen LogP contribution >= 0.6 is 0 Å². The highest BCUT2D eigenvalue weighted by Crippen LogP contribution is 2.21. The number of ether oxygens (including phenoxy) is 1. The summed E-state index contributed by atoms with van der Waals surface area (Å²) in [6.07, 6.45) is 0. The fourth-order valence-electron chi connectivity index (χ4n) is 2.02. The molecule has 0 unspecified atom stereocenters. The molecule has 1 aromatic heterocycles. The Labute approximate surface area is 133 Å². The zero-order valence-corrected chi connectivity index (χ0v) is 12.5. The molecule has 0 aliphatic heterocycles.